The van der Waals surface area contributed by atoms with Crippen molar-refractivity contribution in [2.45, 2.75) is 9.79 Å². The van der Waals surface area contributed by atoms with Crippen LogP contribution in [-0.4, -0.2) is 47.9 Å². The molecule has 1 fully saturated rings. The first kappa shape index (κ1) is 15.5. The van der Waals surface area contributed by atoms with E-state index in [1.54, 1.807) is 4.90 Å². The second kappa shape index (κ2) is 6.47. The topological polar surface area (TPSA) is 49.9 Å². The van der Waals surface area contributed by atoms with E-state index in [-0.39, 0.29) is 5.91 Å². The van der Waals surface area contributed by atoms with Gasteiger partial charge in [-0.3, -0.25) is 14.6 Å². The maximum Gasteiger partial charge on any atom is 0.245 e. The highest BCUT2D eigenvalue weighted by Crippen LogP contribution is 2.41. The summed E-state index contributed by atoms with van der Waals surface area (Å²) in [6, 6.07) is 14.8. The largest absolute Gasteiger partial charge is 0.379 e. The van der Waals surface area contributed by atoms with Crippen molar-refractivity contribution >= 4 is 28.1 Å². The number of rotatable bonds is 2. The Hall–Kier alpha value is -2.02. The van der Waals surface area contributed by atoms with Gasteiger partial charge in [0.1, 0.15) is 0 Å². The number of anilines is 2. The van der Waals surface area contributed by atoms with Gasteiger partial charge in [-0.25, -0.2) is 4.21 Å². The Bertz CT molecular complexity index is 753. The molecule has 0 saturated carbocycles. The number of ether oxygens (including phenoxy) is 1. The number of para-hydroxylation sites is 2. The quantitative estimate of drug-likeness (QED) is 0.839. The van der Waals surface area contributed by atoms with Gasteiger partial charge in [-0.05, 0) is 24.3 Å². The van der Waals surface area contributed by atoms with E-state index in [0.717, 1.165) is 13.1 Å². The molecule has 0 unspecified atom stereocenters. The zero-order valence-corrected chi connectivity index (χ0v) is 14.0. The lowest BCUT2D eigenvalue weighted by Crippen LogP contribution is -2.44. The molecular formula is C18H18N2O3S. The summed E-state index contributed by atoms with van der Waals surface area (Å²) in [4.78, 5) is 18.2. The molecular weight excluding hydrogens is 324 g/mol. The first-order valence-corrected chi connectivity index (χ1v) is 9.13. The molecule has 0 radical (unpaired) electrons. The average Bonchev–Trinajstić information content (AvgIpc) is 2.63. The highest BCUT2D eigenvalue weighted by molar-refractivity contribution is 7.85. The van der Waals surface area contributed by atoms with Gasteiger partial charge in [0.15, 0.2) is 0 Å². The van der Waals surface area contributed by atoms with Crippen molar-refractivity contribution in [3.8, 4) is 0 Å². The van der Waals surface area contributed by atoms with Crippen LogP contribution in [0.5, 0.6) is 0 Å². The summed E-state index contributed by atoms with van der Waals surface area (Å²) in [5.74, 6) is -0.00602. The van der Waals surface area contributed by atoms with Gasteiger partial charge in [0.25, 0.3) is 0 Å². The van der Waals surface area contributed by atoms with Crippen LogP contribution in [-0.2, 0) is 20.3 Å². The summed E-state index contributed by atoms with van der Waals surface area (Å²) in [7, 11) is -1.26. The van der Waals surface area contributed by atoms with Crippen molar-refractivity contribution in [3.63, 3.8) is 0 Å². The fourth-order valence-electron chi connectivity index (χ4n) is 3.14. The smallest absolute Gasteiger partial charge is 0.245 e. The molecule has 0 aliphatic carbocycles. The van der Waals surface area contributed by atoms with Crippen LogP contribution in [0, 0.1) is 0 Å². The Morgan fingerprint density at radius 3 is 2.08 bits per heavy atom. The van der Waals surface area contributed by atoms with E-state index in [1.165, 1.54) is 0 Å². The van der Waals surface area contributed by atoms with Gasteiger partial charge in [-0.1, -0.05) is 24.3 Å². The van der Waals surface area contributed by atoms with Crippen molar-refractivity contribution in [1.29, 1.82) is 0 Å². The number of fused-ring (bicyclic) bond motifs is 2. The molecule has 4 rings (SSSR count). The number of carbonyl (C=O) groups is 1. The number of nitrogens with zero attached hydrogens (tertiary/aromatic N) is 2. The second-order valence-electron chi connectivity index (χ2n) is 5.82. The Labute approximate surface area is 143 Å². The summed E-state index contributed by atoms with van der Waals surface area (Å²) in [6.45, 7) is 3.16. The number of hydrogen-bond donors (Lipinski definition) is 0. The van der Waals surface area contributed by atoms with Crippen molar-refractivity contribution in [2.75, 3.05) is 37.7 Å². The standard InChI is InChI=1S/C18H18N2O3S/c21-18(13-19-9-11-23-12-10-19)20-14-5-1-3-7-16(14)24(22)17-8-4-2-6-15(17)20/h1-8H,9-13H2. The number of benzene rings is 2. The van der Waals surface area contributed by atoms with Gasteiger partial charge in [0.05, 0.1) is 51.7 Å². The third kappa shape index (κ3) is 2.66. The summed E-state index contributed by atoms with van der Waals surface area (Å²) in [5, 5.41) is 0. The molecule has 1 amide bonds. The Morgan fingerprint density at radius 2 is 1.50 bits per heavy atom. The van der Waals surface area contributed by atoms with Gasteiger partial charge in [-0.15, -0.1) is 0 Å². The second-order valence-corrected chi connectivity index (χ2v) is 7.24. The van der Waals surface area contributed by atoms with Crippen molar-refractivity contribution in [2.24, 2.45) is 0 Å². The summed E-state index contributed by atoms with van der Waals surface area (Å²) < 4.78 is 18.2. The average molecular weight is 342 g/mol. The van der Waals surface area contributed by atoms with E-state index in [1.807, 2.05) is 48.5 Å². The highest BCUT2D eigenvalue weighted by atomic mass is 32.2. The summed E-state index contributed by atoms with van der Waals surface area (Å²) in [5.41, 5.74) is 1.43. The molecule has 1 saturated heterocycles. The van der Waals surface area contributed by atoms with Crippen molar-refractivity contribution in [3.05, 3.63) is 48.5 Å². The molecule has 2 aromatic rings. The molecule has 124 valence electrons. The van der Waals surface area contributed by atoms with Gasteiger partial charge in [0.2, 0.25) is 5.91 Å². The highest BCUT2D eigenvalue weighted by Gasteiger charge is 2.32. The molecule has 0 bridgehead atoms. The van der Waals surface area contributed by atoms with Crippen LogP contribution in [0.25, 0.3) is 0 Å². The minimum Gasteiger partial charge on any atom is -0.379 e. The van der Waals surface area contributed by atoms with Crippen LogP contribution in [0.4, 0.5) is 11.4 Å². The van der Waals surface area contributed by atoms with Gasteiger partial charge in [-0.2, -0.15) is 0 Å². The molecule has 2 aromatic carbocycles. The molecule has 0 aromatic heterocycles. The van der Waals surface area contributed by atoms with Crippen LogP contribution < -0.4 is 4.90 Å². The molecule has 0 N–H and O–H groups in total. The van der Waals surface area contributed by atoms with E-state index in [0.29, 0.717) is 40.9 Å². The molecule has 0 atom stereocenters. The Kier molecular flexibility index (Phi) is 4.18. The lowest BCUT2D eigenvalue weighted by atomic mass is 10.2. The first-order chi connectivity index (χ1) is 11.8. The van der Waals surface area contributed by atoms with E-state index in [9.17, 15) is 9.00 Å². The summed E-state index contributed by atoms with van der Waals surface area (Å²) >= 11 is 0. The third-order valence-corrected chi connectivity index (χ3v) is 5.81. The van der Waals surface area contributed by atoms with Gasteiger partial charge in [0, 0.05) is 13.1 Å². The zero-order chi connectivity index (χ0) is 16.5. The maximum atomic E-state index is 13.0. The maximum absolute atomic E-state index is 13.0. The Balaban J connectivity index is 1.73. The number of amides is 1. The molecule has 2 aliphatic rings. The third-order valence-electron chi connectivity index (χ3n) is 4.32. The zero-order valence-electron chi connectivity index (χ0n) is 13.2. The fourth-order valence-corrected chi connectivity index (χ4v) is 4.48. The van der Waals surface area contributed by atoms with Crippen LogP contribution in [0.1, 0.15) is 0 Å². The van der Waals surface area contributed by atoms with Crippen LogP contribution >= 0.6 is 0 Å². The number of hydrogen-bond acceptors (Lipinski definition) is 4. The van der Waals surface area contributed by atoms with E-state index in [2.05, 4.69) is 4.90 Å². The summed E-state index contributed by atoms with van der Waals surface area (Å²) in [6.07, 6.45) is 0. The van der Waals surface area contributed by atoms with Crippen LogP contribution in [0.15, 0.2) is 58.3 Å². The Morgan fingerprint density at radius 1 is 0.958 bits per heavy atom. The number of morpholine rings is 1. The molecule has 5 nitrogen and oxygen atoms in total. The van der Waals surface area contributed by atoms with Crippen molar-refractivity contribution < 1.29 is 13.7 Å². The van der Waals surface area contributed by atoms with Gasteiger partial charge < -0.3 is 4.74 Å². The predicted molar refractivity (Wildman–Crippen MR) is 92.0 cm³/mol. The normalized spacial score (nSPS) is 18.1. The lowest BCUT2D eigenvalue weighted by Gasteiger charge is -2.33. The molecule has 2 aliphatic heterocycles. The van der Waals surface area contributed by atoms with E-state index in [4.69, 9.17) is 4.74 Å². The molecule has 0 spiro atoms. The van der Waals surface area contributed by atoms with Crippen LogP contribution in [0.2, 0.25) is 0 Å². The fraction of sp³-hybridized carbons (Fsp3) is 0.278. The minimum absolute atomic E-state index is 0.00602. The molecule has 2 heterocycles. The minimum atomic E-state index is -1.26. The monoisotopic (exact) mass is 342 g/mol. The van der Waals surface area contributed by atoms with Crippen LogP contribution in [0.3, 0.4) is 0 Å². The van der Waals surface area contributed by atoms with Gasteiger partial charge >= 0.3 is 0 Å². The predicted octanol–water partition coefficient (Wildman–Crippen LogP) is 2.16. The molecule has 6 heteroatoms. The van der Waals surface area contributed by atoms with E-state index >= 15 is 0 Å². The SMILES string of the molecule is O=C(CN1CCOCC1)N1c2ccccc2S(=O)c2ccccc21. The molecule has 24 heavy (non-hydrogen) atoms. The number of carbonyl (C=O) groups excluding carboxylic acids is 1. The van der Waals surface area contributed by atoms with E-state index < -0.39 is 10.8 Å². The lowest BCUT2D eigenvalue weighted by molar-refractivity contribution is -0.120. The van der Waals surface area contributed by atoms with Crippen molar-refractivity contribution in [1.82, 2.24) is 4.90 Å². The first-order valence-electron chi connectivity index (χ1n) is 7.98.